The third-order valence-electron chi connectivity index (χ3n) is 3.91. The predicted octanol–water partition coefficient (Wildman–Crippen LogP) is 3.07. The fourth-order valence-corrected chi connectivity index (χ4v) is 2.25. The van der Waals surface area contributed by atoms with Gasteiger partial charge in [0, 0.05) is 19.2 Å². The van der Waals surface area contributed by atoms with Crippen LogP contribution in [0.4, 0.5) is 0 Å². The maximum atomic E-state index is 5.80. The second kappa shape index (κ2) is 5.50. The molecule has 96 valence electrons. The summed E-state index contributed by atoms with van der Waals surface area (Å²) in [6.45, 7) is 15.7. The Morgan fingerprint density at radius 1 is 1.25 bits per heavy atom. The number of nitrogens with one attached hydrogen (secondary N) is 1. The minimum absolute atomic E-state index is 0.340. The molecule has 0 bridgehead atoms. The largest absolute Gasteiger partial charge is 0.378 e. The van der Waals surface area contributed by atoms with Crippen LogP contribution >= 0.6 is 0 Å². The van der Waals surface area contributed by atoms with E-state index >= 15 is 0 Å². The third kappa shape index (κ3) is 3.74. The van der Waals surface area contributed by atoms with E-state index in [1.807, 2.05) is 0 Å². The Labute approximate surface area is 101 Å². The van der Waals surface area contributed by atoms with Crippen molar-refractivity contribution in [3.8, 4) is 0 Å². The quantitative estimate of drug-likeness (QED) is 0.797. The van der Waals surface area contributed by atoms with Crippen molar-refractivity contribution in [2.24, 2.45) is 17.3 Å². The molecule has 1 rings (SSSR count). The topological polar surface area (TPSA) is 21.3 Å². The van der Waals surface area contributed by atoms with Crippen LogP contribution in [0.3, 0.4) is 0 Å². The first-order valence-corrected chi connectivity index (χ1v) is 6.67. The van der Waals surface area contributed by atoms with Crippen molar-refractivity contribution in [1.29, 1.82) is 0 Å². The zero-order valence-electron chi connectivity index (χ0n) is 11.8. The van der Waals surface area contributed by atoms with Gasteiger partial charge in [-0.1, -0.05) is 34.6 Å². The van der Waals surface area contributed by atoms with Crippen LogP contribution in [0.5, 0.6) is 0 Å². The van der Waals surface area contributed by atoms with E-state index in [1.54, 1.807) is 0 Å². The Balaban J connectivity index is 2.37. The molecule has 2 heteroatoms. The number of rotatable bonds is 4. The SMILES string of the molecule is CC(C)C1OCCC1CNC(C)C(C)(C)C. The Bertz CT molecular complexity index is 207. The first-order chi connectivity index (χ1) is 7.32. The highest BCUT2D eigenvalue weighted by molar-refractivity contribution is 4.83. The lowest BCUT2D eigenvalue weighted by Gasteiger charge is -2.31. The summed E-state index contributed by atoms with van der Waals surface area (Å²) in [7, 11) is 0. The van der Waals surface area contributed by atoms with Crippen molar-refractivity contribution in [3.05, 3.63) is 0 Å². The van der Waals surface area contributed by atoms with Gasteiger partial charge in [0.1, 0.15) is 0 Å². The van der Waals surface area contributed by atoms with E-state index in [0.717, 1.165) is 13.2 Å². The van der Waals surface area contributed by atoms with Crippen LogP contribution in [-0.4, -0.2) is 25.3 Å². The van der Waals surface area contributed by atoms with Gasteiger partial charge in [0.15, 0.2) is 0 Å². The molecular formula is C14H29NO. The van der Waals surface area contributed by atoms with Gasteiger partial charge in [0.05, 0.1) is 6.10 Å². The van der Waals surface area contributed by atoms with E-state index < -0.39 is 0 Å². The molecule has 0 amide bonds. The molecule has 0 saturated carbocycles. The van der Waals surface area contributed by atoms with Gasteiger partial charge in [-0.15, -0.1) is 0 Å². The summed E-state index contributed by atoms with van der Waals surface area (Å²) in [4.78, 5) is 0. The Morgan fingerprint density at radius 2 is 1.88 bits per heavy atom. The van der Waals surface area contributed by atoms with Crippen molar-refractivity contribution < 1.29 is 4.74 Å². The van der Waals surface area contributed by atoms with E-state index in [4.69, 9.17) is 4.74 Å². The third-order valence-corrected chi connectivity index (χ3v) is 3.91. The van der Waals surface area contributed by atoms with Crippen LogP contribution in [-0.2, 0) is 4.74 Å². The lowest BCUT2D eigenvalue weighted by atomic mass is 9.87. The fraction of sp³-hybridized carbons (Fsp3) is 1.00. The van der Waals surface area contributed by atoms with Gasteiger partial charge in [-0.25, -0.2) is 0 Å². The first kappa shape index (κ1) is 14.0. The Kier molecular flexibility index (Phi) is 4.81. The Hall–Kier alpha value is -0.0800. The molecule has 1 aliphatic heterocycles. The highest BCUT2D eigenvalue weighted by atomic mass is 16.5. The zero-order chi connectivity index (χ0) is 12.3. The Morgan fingerprint density at radius 3 is 2.38 bits per heavy atom. The van der Waals surface area contributed by atoms with Crippen LogP contribution in [0.2, 0.25) is 0 Å². The molecule has 1 fully saturated rings. The molecule has 2 nitrogen and oxygen atoms in total. The van der Waals surface area contributed by atoms with Gasteiger partial charge in [-0.2, -0.15) is 0 Å². The van der Waals surface area contributed by atoms with Crippen LogP contribution < -0.4 is 5.32 Å². The first-order valence-electron chi connectivity index (χ1n) is 6.67. The van der Waals surface area contributed by atoms with Crippen LogP contribution in [0.1, 0.15) is 48.0 Å². The van der Waals surface area contributed by atoms with Gasteiger partial charge in [-0.05, 0) is 30.6 Å². The molecule has 0 aromatic heterocycles. The van der Waals surface area contributed by atoms with Gasteiger partial charge >= 0.3 is 0 Å². The highest BCUT2D eigenvalue weighted by Gasteiger charge is 2.31. The standard InChI is InChI=1S/C14H29NO/c1-10(2)13-12(7-8-16-13)9-15-11(3)14(4,5)6/h10-13,15H,7-9H2,1-6H3. The molecule has 0 aromatic rings. The molecular weight excluding hydrogens is 198 g/mol. The minimum atomic E-state index is 0.340. The van der Waals surface area contributed by atoms with Crippen molar-refractivity contribution in [2.75, 3.05) is 13.2 Å². The normalized spacial score (nSPS) is 28.7. The van der Waals surface area contributed by atoms with Crippen molar-refractivity contribution in [3.63, 3.8) is 0 Å². The summed E-state index contributed by atoms with van der Waals surface area (Å²) in [6.07, 6.45) is 1.67. The second-order valence-corrected chi connectivity index (χ2v) is 6.62. The highest BCUT2D eigenvalue weighted by Crippen LogP contribution is 2.27. The molecule has 3 unspecified atom stereocenters. The number of ether oxygens (including phenoxy) is 1. The zero-order valence-corrected chi connectivity index (χ0v) is 11.8. The van der Waals surface area contributed by atoms with Crippen LogP contribution in [0.15, 0.2) is 0 Å². The van der Waals surface area contributed by atoms with E-state index in [0.29, 0.717) is 29.4 Å². The molecule has 16 heavy (non-hydrogen) atoms. The number of hydrogen-bond donors (Lipinski definition) is 1. The average Bonchev–Trinajstić information content (AvgIpc) is 2.60. The molecule has 1 heterocycles. The summed E-state index contributed by atoms with van der Waals surface area (Å²) in [5.74, 6) is 1.34. The van der Waals surface area contributed by atoms with E-state index in [-0.39, 0.29) is 0 Å². The van der Waals surface area contributed by atoms with Crippen molar-refractivity contribution in [2.45, 2.75) is 60.1 Å². The van der Waals surface area contributed by atoms with Gasteiger partial charge < -0.3 is 10.1 Å². The average molecular weight is 227 g/mol. The monoisotopic (exact) mass is 227 g/mol. The molecule has 1 saturated heterocycles. The van der Waals surface area contributed by atoms with Gasteiger partial charge in [0.25, 0.3) is 0 Å². The molecule has 0 aliphatic carbocycles. The summed E-state index contributed by atoms with van der Waals surface area (Å²) < 4.78 is 5.80. The lowest BCUT2D eigenvalue weighted by Crippen LogP contribution is -2.42. The molecule has 0 aromatic carbocycles. The number of hydrogen-bond acceptors (Lipinski definition) is 2. The van der Waals surface area contributed by atoms with Crippen LogP contribution in [0.25, 0.3) is 0 Å². The maximum absolute atomic E-state index is 5.80. The van der Waals surface area contributed by atoms with Gasteiger partial charge in [-0.3, -0.25) is 0 Å². The summed E-state index contributed by atoms with van der Waals surface area (Å²) in [5, 5.41) is 3.67. The van der Waals surface area contributed by atoms with E-state index in [1.165, 1.54) is 6.42 Å². The molecule has 0 radical (unpaired) electrons. The lowest BCUT2D eigenvalue weighted by molar-refractivity contribution is 0.0525. The maximum Gasteiger partial charge on any atom is 0.0639 e. The second-order valence-electron chi connectivity index (χ2n) is 6.62. The van der Waals surface area contributed by atoms with Crippen molar-refractivity contribution >= 4 is 0 Å². The smallest absolute Gasteiger partial charge is 0.0639 e. The fourth-order valence-electron chi connectivity index (χ4n) is 2.25. The molecule has 3 atom stereocenters. The van der Waals surface area contributed by atoms with Gasteiger partial charge in [0.2, 0.25) is 0 Å². The summed E-state index contributed by atoms with van der Waals surface area (Å²) in [5.41, 5.74) is 0.340. The molecule has 1 aliphatic rings. The van der Waals surface area contributed by atoms with E-state index in [2.05, 4.69) is 46.9 Å². The summed E-state index contributed by atoms with van der Waals surface area (Å²) >= 11 is 0. The summed E-state index contributed by atoms with van der Waals surface area (Å²) in [6, 6.07) is 0.556. The van der Waals surface area contributed by atoms with E-state index in [9.17, 15) is 0 Å². The molecule has 0 spiro atoms. The van der Waals surface area contributed by atoms with Crippen molar-refractivity contribution in [1.82, 2.24) is 5.32 Å². The van der Waals surface area contributed by atoms with Crippen LogP contribution in [0, 0.1) is 17.3 Å². The predicted molar refractivity (Wildman–Crippen MR) is 69.6 cm³/mol. The molecule has 1 N–H and O–H groups in total. The minimum Gasteiger partial charge on any atom is -0.378 e.